The van der Waals surface area contributed by atoms with Gasteiger partial charge in [-0.2, -0.15) is 0 Å². The summed E-state index contributed by atoms with van der Waals surface area (Å²) in [5, 5.41) is 5.40. The van der Waals surface area contributed by atoms with Crippen LogP contribution in [-0.2, 0) is 12.8 Å². The molecule has 3 rings (SSSR count). The van der Waals surface area contributed by atoms with Crippen molar-refractivity contribution in [2.24, 2.45) is 0 Å². The first-order chi connectivity index (χ1) is 9.26. The Morgan fingerprint density at radius 2 is 2.16 bits per heavy atom. The minimum atomic E-state index is 0.500. The average molecular weight is 293 g/mol. The monoisotopic (exact) mass is 292 g/mol. The molecule has 0 amide bonds. The van der Waals surface area contributed by atoms with Crippen LogP contribution in [0.3, 0.4) is 0 Å². The molecule has 2 nitrogen and oxygen atoms in total. The molecule has 19 heavy (non-hydrogen) atoms. The molecule has 4 heteroatoms. The van der Waals surface area contributed by atoms with E-state index in [1.54, 1.807) is 0 Å². The van der Waals surface area contributed by atoms with E-state index in [2.05, 4.69) is 17.4 Å². The van der Waals surface area contributed by atoms with Crippen LogP contribution in [0.1, 0.15) is 40.0 Å². The zero-order chi connectivity index (χ0) is 13.2. The van der Waals surface area contributed by atoms with Crippen molar-refractivity contribution in [3.05, 3.63) is 50.4 Å². The Balaban J connectivity index is 1.82. The summed E-state index contributed by atoms with van der Waals surface area (Å²) in [6.45, 7) is 0. The molecule has 0 fully saturated rings. The first-order valence-corrected chi connectivity index (χ1v) is 7.86. The summed E-state index contributed by atoms with van der Waals surface area (Å²) >= 11 is 7.77. The van der Waals surface area contributed by atoms with Gasteiger partial charge in [-0.25, -0.2) is 4.98 Å². The number of rotatable bonds is 3. The summed E-state index contributed by atoms with van der Waals surface area (Å²) in [5.74, 6) is 0. The van der Waals surface area contributed by atoms with Crippen LogP contribution in [0.15, 0.2) is 24.3 Å². The summed E-state index contributed by atoms with van der Waals surface area (Å²) in [5.41, 5.74) is 2.58. The zero-order valence-corrected chi connectivity index (χ0v) is 12.5. The average Bonchev–Trinajstić information content (AvgIpc) is 2.83. The zero-order valence-electron chi connectivity index (χ0n) is 10.9. The third kappa shape index (κ3) is 2.83. The maximum Gasteiger partial charge on any atom is 0.0975 e. The van der Waals surface area contributed by atoms with Crippen molar-refractivity contribution in [2.45, 2.75) is 31.7 Å². The Bertz CT molecular complexity index is 562. The number of nitrogens with zero attached hydrogens (tertiary/aromatic N) is 1. The number of nitrogens with one attached hydrogen (secondary N) is 1. The van der Waals surface area contributed by atoms with Crippen LogP contribution in [0.5, 0.6) is 0 Å². The highest BCUT2D eigenvalue weighted by Crippen LogP contribution is 2.34. The van der Waals surface area contributed by atoms with Crippen molar-refractivity contribution >= 4 is 22.9 Å². The smallest absolute Gasteiger partial charge is 0.0975 e. The van der Waals surface area contributed by atoms with E-state index in [9.17, 15) is 0 Å². The normalized spacial score (nSPS) is 18.3. The topological polar surface area (TPSA) is 24.9 Å². The minimum absolute atomic E-state index is 0.500. The van der Waals surface area contributed by atoms with Gasteiger partial charge in [0.2, 0.25) is 0 Å². The van der Waals surface area contributed by atoms with Gasteiger partial charge in [0.25, 0.3) is 0 Å². The van der Waals surface area contributed by atoms with Gasteiger partial charge in [0.1, 0.15) is 0 Å². The van der Waals surface area contributed by atoms with Crippen LogP contribution >= 0.6 is 22.9 Å². The Hall–Kier alpha value is -0.900. The van der Waals surface area contributed by atoms with Crippen LogP contribution in [-0.4, -0.2) is 12.0 Å². The molecule has 0 aliphatic heterocycles. The lowest BCUT2D eigenvalue weighted by molar-refractivity contribution is 0.501. The lowest BCUT2D eigenvalue weighted by atomic mass is 9.98. The van der Waals surface area contributed by atoms with E-state index in [0.29, 0.717) is 6.04 Å². The fourth-order valence-electron chi connectivity index (χ4n) is 2.60. The van der Waals surface area contributed by atoms with Crippen LogP contribution in [0.25, 0.3) is 0 Å². The fraction of sp³-hybridized carbons (Fsp3) is 0.400. The van der Waals surface area contributed by atoms with Crippen LogP contribution in [0, 0.1) is 0 Å². The van der Waals surface area contributed by atoms with E-state index in [-0.39, 0.29) is 0 Å². The van der Waals surface area contributed by atoms with Crippen molar-refractivity contribution in [1.29, 1.82) is 0 Å². The first kappa shape index (κ1) is 13.1. The summed E-state index contributed by atoms with van der Waals surface area (Å²) in [6.07, 6.45) is 4.50. The lowest BCUT2D eigenvalue weighted by Crippen LogP contribution is -2.19. The van der Waals surface area contributed by atoms with Crippen molar-refractivity contribution in [3.63, 3.8) is 0 Å². The molecule has 1 N–H and O–H groups in total. The second-order valence-corrected chi connectivity index (χ2v) is 6.51. The molecule has 1 atom stereocenters. The summed E-state index contributed by atoms with van der Waals surface area (Å²) < 4.78 is 0. The number of fused-ring (bicyclic) bond motifs is 1. The molecule has 0 bridgehead atoms. The third-order valence-electron chi connectivity index (χ3n) is 3.61. The Morgan fingerprint density at radius 3 is 2.89 bits per heavy atom. The second-order valence-electron chi connectivity index (χ2n) is 4.96. The predicted molar refractivity (Wildman–Crippen MR) is 81.1 cm³/mol. The highest BCUT2D eigenvalue weighted by Gasteiger charge is 2.23. The summed E-state index contributed by atoms with van der Waals surface area (Å²) in [7, 11) is 2.04. The Kier molecular flexibility index (Phi) is 3.87. The number of hydrogen-bond acceptors (Lipinski definition) is 3. The number of aryl methyl sites for hydroxylation is 1. The van der Waals surface area contributed by atoms with Gasteiger partial charge in [-0.15, -0.1) is 11.3 Å². The number of benzene rings is 1. The van der Waals surface area contributed by atoms with Gasteiger partial charge in [0.15, 0.2) is 0 Å². The lowest BCUT2D eigenvalue weighted by Gasteiger charge is -2.20. The van der Waals surface area contributed by atoms with Crippen LogP contribution in [0.4, 0.5) is 0 Å². The van der Waals surface area contributed by atoms with E-state index in [1.165, 1.54) is 34.0 Å². The van der Waals surface area contributed by atoms with Gasteiger partial charge in [0, 0.05) is 22.4 Å². The van der Waals surface area contributed by atoms with Crippen molar-refractivity contribution in [1.82, 2.24) is 10.3 Å². The number of aromatic nitrogens is 1. The van der Waals surface area contributed by atoms with E-state index in [4.69, 9.17) is 16.6 Å². The van der Waals surface area contributed by atoms with Gasteiger partial charge in [-0.3, -0.25) is 0 Å². The molecule has 100 valence electrons. The predicted octanol–water partition coefficient (Wildman–Crippen LogP) is 3.98. The molecule has 1 aromatic heterocycles. The highest BCUT2D eigenvalue weighted by molar-refractivity contribution is 7.11. The molecule has 0 spiro atoms. The number of hydrogen-bond donors (Lipinski definition) is 1. The van der Waals surface area contributed by atoms with E-state index in [0.717, 1.165) is 17.9 Å². The Morgan fingerprint density at radius 1 is 1.37 bits per heavy atom. The molecule has 1 heterocycles. The van der Waals surface area contributed by atoms with E-state index >= 15 is 0 Å². The summed E-state index contributed by atoms with van der Waals surface area (Å²) in [6, 6.07) is 8.55. The van der Waals surface area contributed by atoms with E-state index in [1.807, 2.05) is 30.5 Å². The quantitative estimate of drug-likeness (QED) is 0.925. The maximum atomic E-state index is 5.91. The molecular formula is C15H17ClN2S. The fourth-order valence-corrected chi connectivity index (χ4v) is 4.02. The van der Waals surface area contributed by atoms with Crippen molar-refractivity contribution < 1.29 is 0 Å². The first-order valence-electron chi connectivity index (χ1n) is 6.66. The second kappa shape index (κ2) is 5.61. The van der Waals surface area contributed by atoms with Gasteiger partial charge in [0.05, 0.1) is 10.7 Å². The molecule has 0 radical (unpaired) electrons. The molecule has 0 saturated carbocycles. The van der Waals surface area contributed by atoms with Crippen molar-refractivity contribution in [2.75, 3.05) is 7.05 Å². The van der Waals surface area contributed by atoms with Gasteiger partial charge < -0.3 is 5.32 Å². The number of thiazole rings is 1. The summed E-state index contributed by atoms with van der Waals surface area (Å²) in [4.78, 5) is 6.25. The highest BCUT2D eigenvalue weighted by atomic mass is 35.5. The minimum Gasteiger partial charge on any atom is -0.312 e. The molecular weight excluding hydrogens is 276 g/mol. The van der Waals surface area contributed by atoms with Crippen LogP contribution in [0.2, 0.25) is 5.02 Å². The Labute approximate surface area is 122 Å². The van der Waals surface area contributed by atoms with Gasteiger partial charge in [-0.05, 0) is 44.0 Å². The third-order valence-corrected chi connectivity index (χ3v) is 5.08. The molecule has 1 aliphatic rings. The molecule has 1 unspecified atom stereocenters. The molecule has 2 aromatic rings. The van der Waals surface area contributed by atoms with Crippen LogP contribution < -0.4 is 5.32 Å². The van der Waals surface area contributed by atoms with Crippen molar-refractivity contribution in [3.8, 4) is 0 Å². The SMILES string of the molecule is CNC1CCCc2nc(Cc3ccc(Cl)cc3)sc21. The molecule has 0 saturated heterocycles. The van der Waals surface area contributed by atoms with Gasteiger partial charge >= 0.3 is 0 Å². The largest absolute Gasteiger partial charge is 0.312 e. The van der Waals surface area contributed by atoms with E-state index < -0.39 is 0 Å². The number of halogens is 1. The maximum absolute atomic E-state index is 5.91. The standard InChI is InChI=1S/C15H17ClN2S/c1-17-12-3-2-4-13-15(12)19-14(18-13)9-10-5-7-11(16)8-6-10/h5-8,12,17H,2-4,9H2,1H3. The van der Waals surface area contributed by atoms with Gasteiger partial charge in [-0.1, -0.05) is 23.7 Å². The molecule has 1 aliphatic carbocycles. The molecule has 1 aromatic carbocycles.